The minimum absolute atomic E-state index is 0.154. The van der Waals surface area contributed by atoms with Crippen molar-refractivity contribution in [2.24, 2.45) is 0 Å². The molecule has 1 heterocycles. The lowest BCUT2D eigenvalue weighted by Gasteiger charge is -2.12. The summed E-state index contributed by atoms with van der Waals surface area (Å²) in [6.07, 6.45) is 1.82. The number of hydrogen-bond acceptors (Lipinski definition) is 6. The number of nitro benzene ring substituents is 1. The van der Waals surface area contributed by atoms with E-state index in [0.29, 0.717) is 6.54 Å². The average Bonchev–Trinajstić information content (AvgIpc) is 3.17. The summed E-state index contributed by atoms with van der Waals surface area (Å²) in [6, 6.07) is 15.1. The summed E-state index contributed by atoms with van der Waals surface area (Å²) in [5.41, 5.74) is 1.33. The Hall–Kier alpha value is -4.01. The highest BCUT2D eigenvalue weighted by Crippen LogP contribution is 2.17. The second-order valence-corrected chi connectivity index (χ2v) is 6.26. The van der Waals surface area contributed by atoms with Gasteiger partial charge in [-0.2, -0.15) is 5.10 Å². The molecule has 0 radical (unpaired) electrons. The fourth-order valence-electron chi connectivity index (χ4n) is 2.55. The first-order valence-electron chi connectivity index (χ1n) is 8.75. The number of ether oxygens (including phenoxy) is 1. The summed E-state index contributed by atoms with van der Waals surface area (Å²) in [5, 5.41) is 17.4. The largest absolute Gasteiger partial charge is 0.449 e. The molecule has 1 aromatic heterocycles. The second kappa shape index (κ2) is 8.79. The Labute approximate surface area is 166 Å². The number of benzene rings is 2. The molecule has 1 atom stereocenters. The molecule has 2 aromatic carbocycles. The maximum absolute atomic E-state index is 12.3. The van der Waals surface area contributed by atoms with Crippen molar-refractivity contribution in [3.8, 4) is 0 Å². The number of esters is 1. The molecule has 3 rings (SSSR count). The summed E-state index contributed by atoms with van der Waals surface area (Å²) in [5.74, 6) is -1.29. The first-order chi connectivity index (χ1) is 13.9. The monoisotopic (exact) mass is 394 g/mol. The summed E-state index contributed by atoms with van der Waals surface area (Å²) in [4.78, 5) is 34.7. The number of nitro groups is 1. The predicted octanol–water partition coefficient (Wildman–Crippen LogP) is 3.02. The molecule has 0 saturated carbocycles. The number of rotatable bonds is 7. The van der Waals surface area contributed by atoms with Gasteiger partial charge in [-0.25, -0.2) is 4.79 Å². The zero-order chi connectivity index (χ0) is 20.8. The van der Waals surface area contributed by atoms with E-state index < -0.39 is 22.9 Å². The van der Waals surface area contributed by atoms with Gasteiger partial charge in [0.05, 0.1) is 23.2 Å². The van der Waals surface area contributed by atoms with Gasteiger partial charge in [-0.3, -0.25) is 19.6 Å². The van der Waals surface area contributed by atoms with E-state index in [1.54, 1.807) is 10.9 Å². The van der Waals surface area contributed by atoms with Crippen LogP contribution in [0.4, 0.5) is 11.4 Å². The van der Waals surface area contributed by atoms with Gasteiger partial charge in [-0.1, -0.05) is 36.4 Å². The maximum Gasteiger partial charge on any atom is 0.342 e. The van der Waals surface area contributed by atoms with Crippen molar-refractivity contribution in [1.82, 2.24) is 9.78 Å². The molecule has 3 aromatic rings. The molecule has 1 unspecified atom stereocenters. The highest BCUT2D eigenvalue weighted by atomic mass is 16.6. The first-order valence-corrected chi connectivity index (χ1v) is 8.75. The number of carbonyl (C=O) groups excluding carboxylic acids is 2. The first kappa shape index (κ1) is 19.7. The molecule has 9 nitrogen and oxygen atoms in total. The molecule has 0 bridgehead atoms. The molecule has 0 aliphatic rings. The van der Waals surface area contributed by atoms with Gasteiger partial charge >= 0.3 is 5.97 Å². The van der Waals surface area contributed by atoms with Crippen LogP contribution >= 0.6 is 0 Å². The quantitative estimate of drug-likeness (QED) is 0.374. The summed E-state index contributed by atoms with van der Waals surface area (Å²) < 4.78 is 6.77. The van der Waals surface area contributed by atoms with E-state index in [4.69, 9.17) is 4.74 Å². The smallest absolute Gasteiger partial charge is 0.342 e. The highest BCUT2D eigenvalue weighted by Gasteiger charge is 2.20. The van der Waals surface area contributed by atoms with E-state index in [0.717, 1.165) is 5.56 Å². The molecule has 0 spiro atoms. The molecule has 148 valence electrons. The summed E-state index contributed by atoms with van der Waals surface area (Å²) in [6.45, 7) is 1.91. The van der Waals surface area contributed by atoms with Crippen molar-refractivity contribution in [3.63, 3.8) is 0 Å². The molecule has 29 heavy (non-hydrogen) atoms. The van der Waals surface area contributed by atoms with E-state index in [1.807, 2.05) is 30.3 Å². The van der Waals surface area contributed by atoms with Crippen molar-refractivity contribution >= 4 is 23.3 Å². The lowest BCUT2D eigenvalue weighted by atomic mass is 10.2. The topological polar surface area (TPSA) is 116 Å². The van der Waals surface area contributed by atoms with Gasteiger partial charge in [0.25, 0.3) is 11.6 Å². The Kier molecular flexibility index (Phi) is 5.98. The summed E-state index contributed by atoms with van der Waals surface area (Å²) >= 11 is 0. The number of nitrogens with zero attached hydrogens (tertiary/aromatic N) is 3. The molecule has 9 heteroatoms. The van der Waals surface area contributed by atoms with Gasteiger partial charge < -0.3 is 10.1 Å². The third kappa shape index (κ3) is 5.25. The number of carbonyl (C=O) groups is 2. The van der Waals surface area contributed by atoms with Crippen molar-refractivity contribution in [1.29, 1.82) is 0 Å². The van der Waals surface area contributed by atoms with Crippen molar-refractivity contribution in [2.45, 2.75) is 19.6 Å². The average molecular weight is 394 g/mol. The van der Waals surface area contributed by atoms with Crippen LogP contribution in [0.1, 0.15) is 22.8 Å². The predicted molar refractivity (Wildman–Crippen MR) is 104 cm³/mol. The number of amides is 1. The number of hydrogen-bond donors (Lipinski definition) is 1. The zero-order valence-corrected chi connectivity index (χ0v) is 15.5. The molecule has 0 fully saturated rings. The van der Waals surface area contributed by atoms with Crippen LogP contribution in [0, 0.1) is 10.1 Å². The van der Waals surface area contributed by atoms with E-state index in [1.165, 1.54) is 37.4 Å². The number of nitrogens with one attached hydrogen (secondary N) is 1. The molecule has 1 N–H and O–H groups in total. The molecular formula is C20H18N4O5. The van der Waals surface area contributed by atoms with E-state index in [2.05, 4.69) is 10.4 Å². The van der Waals surface area contributed by atoms with Gasteiger partial charge in [-0.15, -0.1) is 0 Å². The minimum Gasteiger partial charge on any atom is -0.449 e. The van der Waals surface area contributed by atoms with Crippen molar-refractivity contribution < 1.29 is 19.2 Å². The number of aromatic nitrogens is 2. The molecule has 0 saturated heterocycles. The Morgan fingerprint density at radius 3 is 2.69 bits per heavy atom. The van der Waals surface area contributed by atoms with Crippen molar-refractivity contribution in [2.75, 3.05) is 5.32 Å². The van der Waals surface area contributed by atoms with Gasteiger partial charge in [0.15, 0.2) is 6.10 Å². The third-order valence-corrected chi connectivity index (χ3v) is 4.03. The Bertz CT molecular complexity index is 1030. The second-order valence-electron chi connectivity index (χ2n) is 6.26. The van der Waals surface area contributed by atoms with Crippen LogP contribution in [0.3, 0.4) is 0 Å². The normalized spacial score (nSPS) is 11.5. The third-order valence-electron chi connectivity index (χ3n) is 4.03. The van der Waals surface area contributed by atoms with E-state index in [-0.39, 0.29) is 16.9 Å². The van der Waals surface area contributed by atoms with Gasteiger partial charge in [-0.05, 0) is 18.6 Å². The Balaban J connectivity index is 1.58. The lowest BCUT2D eigenvalue weighted by Crippen LogP contribution is -2.29. The van der Waals surface area contributed by atoms with Gasteiger partial charge in [0.2, 0.25) is 0 Å². The number of anilines is 1. The van der Waals surface area contributed by atoms with E-state index >= 15 is 0 Å². The standard InChI is InChI=1S/C20H18N4O5/c1-14(19(25)22-17-8-5-9-18(10-17)24(27)28)29-20(26)16-11-21-23(13-16)12-15-6-3-2-4-7-15/h2-11,13-14H,12H2,1H3,(H,22,25). The highest BCUT2D eigenvalue weighted by molar-refractivity contribution is 5.97. The van der Waals surface area contributed by atoms with Gasteiger partial charge in [0, 0.05) is 24.0 Å². The van der Waals surface area contributed by atoms with Crippen molar-refractivity contribution in [3.05, 3.63) is 88.2 Å². The maximum atomic E-state index is 12.3. The molecular weight excluding hydrogens is 376 g/mol. The molecule has 0 aliphatic carbocycles. The SMILES string of the molecule is CC(OC(=O)c1cnn(Cc2ccccc2)c1)C(=O)Nc1cccc([N+](=O)[O-])c1. The van der Waals surface area contributed by atoms with Crippen LogP contribution in [0.5, 0.6) is 0 Å². The Morgan fingerprint density at radius 1 is 1.21 bits per heavy atom. The summed E-state index contributed by atoms with van der Waals surface area (Å²) in [7, 11) is 0. The minimum atomic E-state index is -1.10. The van der Waals surface area contributed by atoms with Crippen LogP contribution in [0.25, 0.3) is 0 Å². The van der Waals surface area contributed by atoms with Crippen LogP contribution in [-0.4, -0.2) is 32.7 Å². The Morgan fingerprint density at radius 2 is 1.97 bits per heavy atom. The number of non-ortho nitro benzene ring substituents is 1. The van der Waals surface area contributed by atoms with Crippen LogP contribution in [-0.2, 0) is 16.1 Å². The lowest BCUT2D eigenvalue weighted by molar-refractivity contribution is -0.384. The molecule has 0 aliphatic heterocycles. The van der Waals surface area contributed by atoms with Crippen LogP contribution in [0.2, 0.25) is 0 Å². The van der Waals surface area contributed by atoms with Crippen LogP contribution in [0.15, 0.2) is 67.0 Å². The fraction of sp³-hybridized carbons (Fsp3) is 0.150. The van der Waals surface area contributed by atoms with Gasteiger partial charge in [0.1, 0.15) is 0 Å². The van der Waals surface area contributed by atoms with E-state index in [9.17, 15) is 19.7 Å². The fourth-order valence-corrected chi connectivity index (χ4v) is 2.55. The van der Waals surface area contributed by atoms with Crippen LogP contribution < -0.4 is 5.32 Å². The zero-order valence-electron chi connectivity index (χ0n) is 15.5. The molecule has 1 amide bonds.